The molecule has 0 aliphatic rings. The minimum absolute atomic E-state index is 0.0691. The second-order valence-electron chi connectivity index (χ2n) is 6.25. The van der Waals surface area contributed by atoms with Gasteiger partial charge in [0.25, 0.3) is 0 Å². The molecule has 0 radical (unpaired) electrons. The lowest BCUT2D eigenvalue weighted by molar-refractivity contribution is -0.118. The minimum Gasteiger partial charge on any atom is -0.486 e. The zero-order chi connectivity index (χ0) is 19.9. The van der Waals surface area contributed by atoms with Gasteiger partial charge in [-0.05, 0) is 36.8 Å². The molecule has 8 heteroatoms. The minimum atomic E-state index is -0.0691. The molecule has 1 amide bonds. The Hall–Kier alpha value is -2.51. The smallest absolute Gasteiger partial charge is 0.230 e. The summed E-state index contributed by atoms with van der Waals surface area (Å²) >= 11 is 7.20. The van der Waals surface area contributed by atoms with Gasteiger partial charge in [0.15, 0.2) is 11.0 Å². The first kappa shape index (κ1) is 20.2. The third-order valence-corrected chi connectivity index (χ3v) is 5.32. The van der Waals surface area contributed by atoms with Crippen LogP contribution in [0.4, 0.5) is 0 Å². The van der Waals surface area contributed by atoms with Crippen LogP contribution in [0, 0.1) is 6.92 Å². The van der Waals surface area contributed by atoms with Crippen molar-refractivity contribution in [1.29, 1.82) is 0 Å². The Kier molecular flexibility index (Phi) is 6.95. The summed E-state index contributed by atoms with van der Waals surface area (Å²) in [4.78, 5) is 12.1. The van der Waals surface area contributed by atoms with E-state index in [1.165, 1.54) is 17.3 Å². The highest BCUT2D eigenvalue weighted by Gasteiger charge is 2.12. The normalized spacial score (nSPS) is 10.7. The highest BCUT2D eigenvalue weighted by atomic mass is 35.5. The first-order valence-corrected chi connectivity index (χ1v) is 10.1. The fraction of sp³-hybridized carbons (Fsp3) is 0.250. The molecule has 1 N–H and O–H groups in total. The fourth-order valence-electron chi connectivity index (χ4n) is 2.36. The Bertz CT molecular complexity index is 926. The van der Waals surface area contributed by atoms with E-state index in [1.54, 1.807) is 12.1 Å². The molecular weight excluding hydrogens is 396 g/mol. The Morgan fingerprint density at radius 1 is 1.14 bits per heavy atom. The number of ether oxygens (including phenoxy) is 1. The zero-order valence-corrected chi connectivity index (χ0v) is 17.3. The van der Waals surface area contributed by atoms with Gasteiger partial charge in [-0.2, -0.15) is 0 Å². The van der Waals surface area contributed by atoms with Gasteiger partial charge in [-0.1, -0.05) is 53.2 Å². The summed E-state index contributed by atoms with van der Waals surface area (Å²) in [5, 5.41) is 12.5. The van der Waals surface area contributed by atoms with Gasteiger partial charge in [-0.15, -0.1) is 10.2 Å². The molecule has 0 bridgehead atoms. The van der Waals surface area contributed by atoms with E-state index < -0.39 is 0 Å². The van der Waals surface area contributed by atoms with Crippen LogP contribution in [0.25, 0.3) is 0 Å². The van der Waals surface area contributed by atoms with Gasteiger partial charge in [-0.3, -0.25) is 4.79 Å². The number of aryl methyl sites for hydroxylation is 1. The van der Waals surface area contributed by atoms with Crippen LogP contribution < -0.4 is 10.1 Å². The average Bonchev–Trinajstić information content (AvgIpc) is 3.05. The van der Waals surface area contributed by atoms with Crippen molar-refractivity contribution in [2.24, 2.45) is 7.05 Å². The number of thioether (sulfide) groups is 1. The van der Waals surface area contributed by atoms with Crippen molar-refractivity contribution in [3.05, 3.63) is 70.5 Å². The summed E-state index contributed by atoms with van der Waals surface area (Å²) in [7, 11) is 1.86. The number of amides is 1. The molecule has 6 nitrogen and oxygen atoms in total. The third-order valence-electron chi connectivity index (χ3n) is 4.05. The van der Waals surface area contributed by atoms with Gasteiger partial charge < -0.3 is 14.6 Å². The number of rotatable bonds is 8. The van der Waals surface area contributed by atoms with E-state index in [4.69, 9.17) is 16.3 Å². The number of aromatic nitrogens is 3. The van der Waals surface area contributed by atoms with Crippen LogP contribution in [0.1, 0.15) is 17.0 Å². The average molecular weight is 417 g/mol. The Balaban J connectivity index is 1.46. The molecule has 0 saturated heterocycles. The monoisotopic (exact) mass is 416 g/mol. The van der Waals surface area contributed by atoms with E-state index in [1.807, 2.05) is 54.9 Å². The first-order valence-electron chi connectivity index (χ1n) is 8.73. The molecule has 28 heavy (non-hydrogen) atoms. The van der Waals surface area contributed by atoms with Crippen LogP contribution in [-0.4, -0.2) is 26.4 Å². The van der Waals surface area contributed by atoms with Crippen LogP contribution in [0.15, 0.2) is 53.7 Å². The summed E-state index contributed by atoms with van der Waals surface area (Å²) in [6.07, 6.45) is 0. The van der Waals surface area contributed by atoms with Gasteiger partial charge in [0.05, 0.1) is 5.75 Å². The van der Waals surface area contributed by atoms with E-state index in [9.17, 15) is 4.79 Å². The molecule has 0 spiro atoms. The van der Waals surface area contributed by atoms with Crippen LogP contribution in [0.5, 0.6) is 5.75 Å². The number of nitrogens with zero attached hydrogens (tertiary/aromatic N) is 3. The van der Waals surface area contributed by atoms with Crippen molar-refractivity contribution in [3.63, 3.8) is 0 Å². The van der Waals surface area contributed by atoms with Gasteiger partial charge in [-0.25, -0.2) is 0 Å². The SMILES string of the molecule is Cc1ccc(OCc2nnc(SCC(=O)NCc3ccc(Cl)cc3)n2C)cc1. The summed E-state index contributed by atoms with van der Waals surface area (Å²) in [6, 6.07) is 15.2. The molecule has 1 aromatic heterocycles. The molecule has 146 valence electrons. The quantitative estimate of drug-likeness (QED) is 0.566. The van der Waals surface area contributed by atoms with Crippen molar-refractivity contribution in [2.45, 2.75) is 25.2 Å². The second kappa shape index (κ2) is 9.61. The van der Waals surface area contributed by atoms with Crippen LogP contribution in [-0.2, 0) is 25.0 Å². The number of carbonyl (C=O) groups excluding carboxylic acids is 1. The van der Waals surface area contributed by atoms with Crippen molar-refractivity contribution < 1.29 is 9.53 Å². The Labute approximate surface area is 173 Å². The largest absolute Gasteiger partial charge is 0.486 e. The molecule has 0 atom stereocenters. The predicted octanol–water partition coefficient (Wildman–Crippen LogP) is 3.76. The molecular formula is C20H21ClN4O2S. The van der Waals surface area contributed by atoms with E-state index in [-0.39, 0.29) is 11.7 Å². The van der Waals surface area contributed by atoms with Crippen LogP contribution >= 0.6 is 23.4 Å². The maximum Gasteiger partial charge on any atom is 0.230 e. The fourth-order valence-corrected chi connectivity index (χ4v) is 3.25. The van der Waals surface area contributed by atoms with Crippen LogP contribution in [0.3, 0.4) is 0 Å². The number of benzene rings is 2. The van der Waals surface area contributed by atoms with Gasteiger partial charge in [0, 0.05) is 18.6 Å². The first-order chi connectivity index (χ1) is 13.5. The lowest BCUT2D eigenvalue weighted by Crippen LogP contribution is -2.24. The molecule has 0 fully saturated rings. The highest BCUT2D eigenvalue weighted by molar-refractivity contribution is 7.99. The lowest BCUT2D eigenvalue weighted by Gasteiger charge is -2.07. The van der Waals surface area contributed by atoms with Crippen molar-refractivity contribution in [3.8, 4) is 5.75 Å². The summed E-state index contributed by atoms with van der Waals surface area (Å²) in [5.41, 5.74) is 2.18. The molecule has 0 unspecified atom stereocenters. The summed E-state index contributed by atoms with van der Waals surface area (Å²) in [5.74, 6) is 1.67. The lowest BCUT2D eigenvalue weighted by atomic mass is 10.2. The summed E-state index contributed by atoms with van der Waals surface area (Å²) < 4.78 is 7.58. The molecule has 1 heterocycles. The molecule has 0 saturated carbocycles. The summed E-state index contributed by atoms with van der Waals surface area (Å²) in [6.45, 7) is 2.81. The van der Waals surface area contributed by atoms with Crippen molar-refractivity contribution in [1.82, 2.24) is 20.1 Å². The predicted molar refractivity (Wildman–Crippen MR) is 111 cm³/mol. The van der Waals surface area contributed by atoms with Crippen LogP contribution in [0.2, 0.25) is 5.02 Å². The zero-order valence-electron chi connectivity index (χ0n) is 15.7. The Morgan fingerprint density at radius 3 is 2.57 bits per heavy atom. The number of hydrogen-bond donors (Lipinski definition) is 1. The molecule has 3 rings (SSSR count). The third kappa shape index (κ3) is 5.74. The molecule has 2 aromatic carbocycles. The topological polar surface area (TPSA) is 69.0 Å². The second-order valence-corrected chi connectivity index (χ2v) is 7.63. The number of halogens is 1. The maximum absolute atomic E-state index is 12.1. The van der Waals surface area contributed by atoms with Crippen molar-refractivity contribution >= 4 is 29.3 Å². The van der Waals surface area contributed by atoms with Gasteiger partial charge in [0.2, 0.25) is 5.91 Å². The van der Waals surface area contributed by atoms with E-state index in [0.29, 0.717) is 29.2 Å². The standard InChI is InChI=1S/C20H21ClN4O2S/c1-14-3-9-17(10-4-14)27-12-18-23-24-20(25(18)2)28-13-19(26)22-11-15-5-7-16(21)8-6-15/h3-10H,11-13H2,1-2H3,(H,22,26). The van der Waals surface area contributed by atoms with E-state index in [0.717, 1.165) is 11.3 Å². The molecule has 3 aromatic rings. The Morgan fingerprint density at radius 2 is 1.86 bits per heavy atom. The van der Waals surface area contributed by atoms with E-state index in [2.05, 4.69) is 15.5 Å². The number of hydrogen-bond acceptors (Lipinski definition) is 5. The maximum atomic E-state index is 12.1. The molecule has 0 aliphatic carbocycles. The number of nitrogens with one attached hydrogen (secondary N) is 1. The number of carbonyl (C=O) groups is 1. The highest BCUT2D eigenvalue weighted by Crippen LogP contribution is 2.17. The van der Waals surface area contributed by atoms with Gasteiger partial charge in [0.1, 0.15) is 12.4 Å². The van der Waals surface area contributed by atoms with Gasteiger partial charge >= 0.3 is 0 Å². The van der Waals surface area contributed by atoms with Crippen molar-refractivity contribution in [2.75, 3.05) is 5.75 Å². The molecule has 0 aliphatic heterocycles. The van der Waals surface area contributed by atoms with E-state index >= 15 is 0 Å².